The molecule has 2 aromatic rings. The summed E-state index contributed by atoms with van der Waals surface area (Å²) < 4.78 is 44.1. The normalized spacial score (nSPS) is 19.1. The molecule has 1 fully saturated rings. The van der Waals surface area contributed by atoms with Crippen LogP contribution in [0.15, 0.2) is 35.6 Å². The van der Waals surface area contributed by atoms with Gasteiger partial charge in [-0.2, -0.15) is 0 Å². The van der Waals surface area contributed by atoms with E-state index in [4.69, 9.17) is 0 Å². The van der Waals surface area contributed by atoms with Crippen molar-refractivity contribution in [1.82, 2.24) is 25.4 Å². The Morgan fingerprint density at radius 2 is 2.10 bits per heavy atom. The quantitative estimate of drug-likeness (QED) is 0.517. The molecular formula is C19H25F3N6O. The molecule has 1 aliphatic rings. The lowest BCUT2D eigenvalue weighted by atomic mass is 10.1. The number of aryl methyl sites for hydroxylation is 1. The second-order valence-corrected chi connectivity index (χ2v) is 6.73. The molecule has 0 spiro atoms. The van der Waals surface area contributed by atoms with Gasteiger partial charge in [0.1, 0.15) is 17.9 Å². The van der Waals surface area contributed by atoms with Crippen LogP contribution in [-0.2, 0) is 13.0 Å². The Bertz CT molecular complexity index is 835. The lowest BCUT2D eigenvalue weighted by Crippen LogP contribution is -2.39. The molecule has 0 radical (unpaired) electrons. The number of rotatable bonds is 8. The molecule has 158 valence electrons. The lowest BCUT2D eigenvalue weighted by molar-refractivity contribution is -0.274. The summed E-state index contributed by atoms with van der Waals surface area (Å²) >= 11 is 0. The molecule has 1 heterocycles. The van der Waals surface area contributed by atoms with E-state index >= 15 is 0 Å². The molecule has 0 bridgehead atoms. The number of hydrogen-bond acceptors (Lipinski definition) is 4. The first-order valence-corrected chi connectivity index (χ1v) is 9.67. The molecule has 3 rings (SSSR count). The highest BCUT2D eigenvalue weighted by Crippen LogP contribution is 2.45. The SMILES string of the molecule is CCNC(=NCCn1cnnc1CC)NC1CC1c1ccccc1OC(F)(F)F. The third-order valence-electron chi connectivity index (χ3n) is 4.62. The van der Waals surface area contributed by atoms with Gasteiger partial charge in [0.15, 0.2) is 5.96 Å². The van der Waals surface area contributed by atoms with Gasteiger partial charge in [-0.25, -0.2) is 0 Å². The fourth-order valence-electron chi connectivity index (χ4n) is 3.21. The predicted octanol–water partition coefficient (Wildman–Crippen LogP) is 2.85. The number of halogens is 3. The Kier molecular flexibility index (Phi) is 6.60. The largest absolute Gasteiger partial charge is 0.573 e. The minimum absolute atomic E-state index is 0.00639. The van der Waals surface area contributed by atoms with Gasteiger partial charge in [-0.05, 0) is 25.0 Å². The summed E-state index contributed by atoms with van der Waals surface area (Å²) in [6.07, 6.45) is -1.51. The van der Waals surface area contributed by atoms with Crippen LogP contribution in [-0.4, -0.2) is 46.2 Å². The second-order valence-electron chi connectivity index (χ2n) is 6.73. The summed E-state index contributed by atoms with van der Waals surface area (Å²) in [5, 5.41) is 14.4. The topological polar surface area (TPSA) is 76.4 Å². The maximum absolute atomic E-state index is 12.6. The Labute approximate surface area is 167 Å². The molecule has 1 aromatic heterocycles. The molecule has 0 amide bonds. The molecule has 1 saturated carbocycles. The van der Waals surface area contributed by atoms with Gasteiger partial charge in [-0.1, -0.05) is 25.1 Å². The third kappa shape index (κ3) is 5.85. The molecule has 0 saturated heterocycles. The molecule has 2 unspecified atom stereocenters. The zero-order valence-corrected chi connectivity index (χ0v) is 16.4. The number of nitrogens with zero attached hydrogens (tertiary/aromatic N) is 4. The standard InChI is InChI=1S/C19H25F3N6O/c1-3-17-27-25-12-28(17)10-9-24-18(23-4-2)26-15-11-14(15)13-7-5-6-8-16(13)29-19(20,21)22/h5-8,12,14-15H,3-4,9-11H2,1-2H3,(H2,23,24,26). The molecule has 0 aliphatic heterocycles. The maximum Gasteiger partial charge on any atom is 0.573 e. The van der Waals surface area contributed by atoms with E-state index in [-0.39, 0.29) is 17.7 Å². The van der Waals surface area contributed by atoms with E-state index < -0.39 is 6.36 Å². The van der Waals surface area contributed by atoms with Crippen LogP contribution in [0.1, 0.15) is 37.6 Å². The number of nitrogens with one attached hydrogen (secondary N) is 2. The molecule has 2 atom stereocenters. The molecule has 7 nitrogen and oxygen atoms in total. The minimum Gasteiger partial charge on any atom is -0.405 e. The molecule has 2 N–H and O–H groups in total. The number of aliphatic imine (C=N–C) groups is 1. The van der Waals surface area contributed by atoms with Gasteiger partial charge in [0.05, 0.1) is 6.54 Å². The number of ether oxygens (including phenoxy) is 1. The highest BCUT2D eigenvalue weighted by Gasteiger charge is 2.42. The Morgan fingerprint density at radius 1 is 1.31 bits per heavy atom. The van der Waals surface area contributed by atoms with E-state index in [9.17, 15) is 13.2 Å². The molecule has 1 aliphatic carbocycles. The van der Waals surface area contributed by atoms with Gasteiger partial charge in [0, 0.05) is 31.5 Å². The van der Waals surface area contributed by atoms with Crippen LogP contribution in [0.4, 0.5) is 13.2 Å². The van der Waals surface area contributed by atoms with E-state index in [1.54, 1.807) is 18.5 Å². The summed E-state index contributed by atoms with van der Waals surface area (Å²) in [7, 11) is 0. The number of benzene rings is 1. The van der Waals surface area contributed by atoms with Crippen molar-refractivity contribution < 1.29 is 17.9 Å². The van der Waals surface area contributed by atoms with Gasteiger partial charge in [0.2, 0.25) is 0 Å². The zero-order valence-electron chi connectivity index (χ0n) is 16.4. The lowest BCUT2D eigenvalue weighted by Gasteiger charge is -2.14. The van der Waals surface area contributed by atoms with Crippen molar-refractivity contribution in [2.45, 2.75) is 51.6 Å². The number of para-hydroxylation sites is 1. The smallest absolute Gasteiger partial charge is 0.405 e. The number of alkyl halides is 3. The average Bonchev–Trinajstić information content (AvgIpc) is 3.26. The first-order chi connectivity index (χ1) is 13.9. The van der Waals surface area contributed by atoms with Gasteiger partial charge in [0.25, 0.3) is 0 Å². The van der Waals surface area contributed by atoms with Crippen LogP contribution < -0.4 is 15.4 Å². The van der Waals surface area contributed by atoms with Crippen molar-refractivity contribution in [2.75, 3.05) is 13.1 Å². The van der Waals surface area contributed by atoms with Crippen molar-refractivity contribution in [2.24, 2.45) is 4.99 Å². The van der Waals surface area contributed by atoms with Crippen LogP contribution >= 0.6 is 0 Å². The summed E-state index contributed by atoms with van der Waals surface area (Å²) in [5.74, 6) is 1.35. The Balaban J connectivity index is 1.60. The monoisotopic (exact) mass is 410 g/mol. The molecular weight excluding hydrogens is 385 g/mol. The summed E-state index contributed by atoms with van der Waals surface area (Å²) in [6.45, 7) is 5.85. The second kappa shape index (κ2) is 9.15. The van der Waals surface area contributed by atoms with Crippen molar-refractivity contribution in [3.8, 4) is 5.75 Å². The highest BCUT2D eigenvalue weighted by molar-refractivity contribution is 5.80. The minimum atomic E-state index is -4.70. The van der Waals surface area contributed by atoms with Crippen LogP contribution in [0.5, 0.6) is 5.75 Å². The highest BCUT2D eigenvalue weighted by atomic mass is 19.4. The van der Waals surface area contributed by atoms with Crippen LogP contribution in [0.2, 0.25) is 0 Å². The van der Waals surface area contributed by atoms with E-state index in [2.05, 4.69) is 30.6 Å². The van der Waals surface area contributed by atoms with Gasteiger partial charge in [-0.3, -0.25) is 4.99 Å². The molecule has 1 aromatic carbocycles. The average molecular weight is 410 g/mol. The van der Waals surface area contributed by atoms with Crippen LogP contribution in [0.25, 0.3) is 0 Å². The van der Waals surface area contributed by atoms with Gasteiger partial charge < -0.3 is 19.9 Å². The number of hydrogen-bond donors (Lipinski definition) is 2. The van der Waals surface area contributed by atoms with Crippen molar-refractivity contribution in [3.63, 3.8) is 0 Å². The summed E-state index contributed by atoms with van der Waals surface area (Å²) in [6, 6.07) is 6.29. The van der Waals surface area contributed by atoms with Crippen molar-refractivity contribution in [1.29, 1.82) is 0 Å². The first-order valence-electron chi connectivity index (χ1n) is 9.67. The van der Waals surface area contributed by atoms with Crippen LogP contribution in [0.3, 0.4) is 0 Å². The fraction of sp³-hybridized carbons (Fsp3) is 0.526. The summed E-state index contributed by atoms with van der Waals surface area (Å²) in [5.41, 5.74) is 0.551. The van der Waals surface area contributed by atoms with E-state index in [1.165, 1.54) is 12.1 Å². The van der Waals surface area contributed by atoms with Gasteiger partial charge in [-0.15, -0.1) is 23.4 Å². The Morgan fingerprint density at radius 3 is 2.83 bits per heavy atom. The zero-order chi connectivity index (χ0) is 20.9. The molecule has 10 heteroatoms. The van der Waals surface area contributed by atoms with E-state index in [0.717, 1.165) is 12.2 Å². The molecule has 29 heavy (non-hydrogen) atoms. The predicted molar refractivity (Wildman–Crippen MR) is 103 cm³/mol. The number of aromatic nitrogens is 3. The fourth-order valence-corrected chi connectivity index (χ4v) is 3.21. The van der Waals surface area contributed by atoms with Gasteiger partial charge >= 0.3 is 6.36 Å². The third-order valence-corrected chi connectivity index (χ3v) is 4.62. The first kappa shape index (κ1) is 20.9. The van der Waals surface area contributed by atoms with E-state index in [1.807, 2.05) is 18.4 Å². The maximum atomic E-state index is 12.6. The van der Waals surface area contributed by atoms with Crippen molar-refractivity contribution >= 4 is 5.96 Å². The van der Waals surface area contributed by atoms with E-state index in [0.29, 0.717) is 37.6 Å². The number of guanidine groups is 1. The van der Waals surface area contributed by atoms with Crippen LogP contribution in [0, 0.1) is 0 Å². The Hall–Kier alpha value is -2.78. The summed E-state index contributed by atoms with van der Waals surface area (Å²) in [4.78, 5) is 4.56. The van der Waals surface area contributed by atoms with Crippen molar-refractivity contribution in [3.05, 3.63) is 42.0 Å².